The molecule has 2 rings (SSSR count). The van der Waals surface area contributed by atoms with E-state index in [9.17, 15) is 13.2 Å². The normalized spacial score (nSPS) is 10.9. The third-order valence-electron chi connectivity index (χ3n) is 2.95. The van der Waals surface area contributed by atoms with Gasteiger partial charge in [0, 0.05) is 17.8 Å². The summed E-state index contributed by atoms with van der Waals surface area (Å²) in [5.74, 6) is -0.362. The zero-order chi connectivity index (χ0) is 14.7. The molecule has 0 saturated heterocycles. The lowest BCUT2D eigenvalue weighted by Gasteiger charge is -2.11. The van der Waals surface area contributed by atoms with Crippen LogP contribution in [0.2, 0.25) is 0 Å². The first-order valence-electron chi connectivity index (χ1n) is 6.04. The van der Waals surface area contributed by atoms with Crippen molar-refractivity contribution in [2.45, 2.75) is 19.9 Å². The smallest absolute Gasteiger partial charge is 0.263 e. The third-order valence-corrected chi connectivity index (χ3v) is 3.56. The minimum absolute atomic E-state index is 0.0111. The first kappa shape index (κ1) is 14.9. The molecule has 0 fully saturated rings. The van der Waals surface area contributed by atoms with Crippen molar-refractivity contribution in [1.82, 2.24) is 0 Å². The van der Waals surface area contributed by atoms with Gasteiger partial charge in [-0.05, 0) is 52.2 Å². The highest BCUT2D eigenvalue weighted by molar-refractivity contribution is 9.10. The first-order chi connectivity index (χ1) is 9.47. The Bertz CT molecular complexity index is 614. The van der Waals surface area contributed by atoms with E-state index < -0.39 is 6.43 Å². The number of alkyl halides is 2. The van der Waals surface area contributed by atoms with Crippen molar-refractivity contribution in [3.05, 3.63) is 63.4 Å². The van der Waals surface area contributed by atoms with E-state index in [-0.39, 0.29) is 11.4 Å². The number of nitrogens with one attached hydrogen (secondary N) is 1. The van der Waals surface area contributed by atoms with Crippen LogP contribution in [0.15, 0.2) is 40.9 Å². The van der Waals surface area contributed by atoms with Crippen LogP contribution in [0.3, 0.4) is 0 Å². The molecule has 0 spiro atoms. The lowest BCUT2D eigenvalue weighted by Crippen LogP contribution is -2.02. The summed E-state index contributed by atoms with van der Waals surface area (Å²) >= 11 is 3.12. The second-order valence-electron chi connectivity index (χ2n) is 4.48. The Morgan fingerprint density at radius 3 is 2.65 bits per heavy atom. The Kier molecular flexibility index (Phi) is 4.70. The number of hydrogen-bond donors (Lipinski definition) is 1. The van der Waals surface area contributed by atoms with Gasteiger partial charge in [-0.1, -0.05) is 18.2 Å². The molecular weight excluding hydrogens is 331 g/mol. The van der Waals surface area contributed by atoms with Crippen LogP contribution < -0.4 is 5.32 Å². The number of aryl methyl sites for hydroxylation is 1. The predicted octanol–water partition coefficient (Wildman–Crippen LogP) is 5.45. The van der Waals surface area contributed by atoms with E-state index in [4.69, 9.17) is 0 Å². The van der Waals surface area contributed by atoms with Crippen molar-refractivity contribution >= 4 is 21.6 Å². The van der Waals surface area contributed by atoms with Crippen LogP contribution in [-0.2, 0) is 6.54 Å². The molecule has 0 radical (unpaired) electrons. The van der Waals surface area contributed by atoms with Gasteiger partial charge in [-0.25, -0.2) is 13.2 Å². The summed E-state index contributed by atoms with van der Waals surface area (Å²) in [4.78, 5) is 0. The summed E-state index contributed by atoms with van der Waals surface area (Å²) in [6.45, 7) is 2.21. The van der Waals surface area contributed by atoms with Crippen molar-refractivity contribution in [2.24, 2.45) is 0 Å². The standard InChI is InChI=1S/C15H13BrF3N/c1-9-5-12(16)13(17)7-14(9)20-8-10-3-2-4-11(6-10)15(18)19/h2-7,15,20H,8H2,1H3. The summed E-state index contributed by atoms with van der Waals surface area (Å²) < 4.78 is 39.1. The Morgan fingerprint density at radius 1 is 1.20 bits per heavy atom. The highest BCUT2D eigenvalue weighted by Crippen LogP contribution is 2.25. The van der Waals surface area contributed by atoms with Crippen LogP contribution in [-0.4, -0.2) is 0 Å². The van der Waals surface area contributed by atoms with Gasteiger partial charge >= 0.3 is 0 Å². The maximum absolute atomic E-state index is 13.5. The largest absolute Gasteiger partial charge is 0.381 e. The summed E-state index contributed by atoms with van der Waals surface area (Å²) in [5.41, 5.74) is 2.24. The topological polar surface area (TPSA) is 12.0 Å². The molecule has 0 aliphatic rings. The Balaban J connectivity index is 2.13. The molecule has 0 heterocycles. The van der Waals surface area contributed by atoms with Crippen LogP contribution in [0.1, 0.15) is 23.1 Å². The van der Waals surface area contributed by atoms with E-state index in [0.717, 1.165) is 11.1 Å². The van der Waals surface area contributed by atoms with Gasteiger partial charge in [0.15, 0.2) is 0 Å². The highest BCUT2D eigenvalue weighted by atomic mass is 79.9. The third kappa shape index (κ3) is 3.54. The molecule has 0 aliphatic carbocycles. The minimum atomic E-state index is -2.48. The fraction of sp³-hybridized carbons (Fsp3) is 0.200. The molecule has 2 aromatic carbocycles. The van der Waals surface area contributed by atoms with Crippen molar-refractivity contribution in [3.63, 3.8) is 0 Å². The fourth-order valence-electron chi connectivity index (χ4n) is 1.87. The van der Waals surface area contributed by atoms with Gasteiger partial charge in [0.05, 0.1) is 4.47 Å². The van der Waals surface area contributed by atoms with E-state index in [1.54, 1.807) is 18.2 Å². The molecule has 0 atom stereocenters. The zero-order valence-corrected chi connectivity index (χ0v) is 12.3. The van der Waals surface area contributed by atoms with E-state index in [0.29, 0.717) is 16.7 Å². The second-order valence-corrected chi connectivity index (χ2v) is 5.33. The number of benzene rings is 2. The average Bonchev–Trinajstić information content (AvgIpc) is 2.41. The number of hydrogen-bond acceptors (Lipinski definition) is 1. The average molecular weight is 344 g/mol. The molecule has 106 valence electrons. The first-order valence-corrected chi connectivity index (χ1v) is 6.83. The molecule has 0 amide bonds. The molecule has 0 aliphatic heterocycles. The quantitative estimate of drug-likeness (QED) is 0.778. The van der Waals surface area contributed by atoms with Crippen molar-refractivity contribution < 1.29 is 13.2 Å². The van der Waals surface area contributed by atoms with Gasteiger partial charge in [0.2, 0.25) is 0 Å². The molecule has 0 aromatic heterocycles. The molecule has 20 heavy (non-hydrogen) atoms. The van der Waals surface area contributed by atoms with Crippen molar-refractivity contribution in [2.75, 3.05) is 5.32 Å². The molecule has 0 saturated carbocycles. The molecular formula is C15H13BrF3N. The van der Waals surface area contributed by atoms with Crippen LogP contribution in [0, 0.1) is 12.7 Å². The van der Waals surface area contributed by atoms with Gasteiger partial charge in [-0.3, -0.25) is 0 Å². The molecule has 2 aromatic rings. The number of anilines is 1. The van der Waals surface area contributed by atoms with E-state index in [1.165, 1.54) is 18.2 Å². The van der Waals surface area contributed by atoms with E-state index >= 15 is 0 Å². The maximum Gasteiger partial charge on any atom is 0.263 e. The van der Waals surface area contributed by atoms with Gasteiger partial charge in [0.1, 0.15) is 5.82 Å². The van der Waals surface area contributed by atoms with E-state index in [1.807, 2.05) is 6.92 Å². The minimum Gasteiger partial charge on any atom is -0.381 e. The summed E-state index contributed by atoms with van der Waals surface area (Å²) in [6, 6.07) is 9.24. The van der Waals surface area contributed by atoms with Gasteiger partial charge in [-0.2, -0.15) is 0 Å². The van der Waals surface area contributed by atoms with Crippen LogP contribution in [0.25, 0.3) is 0 Å². The van der Waals surface area contributed by atoms with Gasteiger partial charge in [-0.15, -0.1) is 0 Å². The Labute approximate surface area is 123 Å². The number of halogens is 4. The van der Waals surface area contributed by atoms with Gasteiger partial charge in [0.25, 0.3) is 6.43 Å². The maximum atomic E-state index is 13.5. The molecule has 0 bridgehead atoms. The summed E-state index contributed by atoms with van der Waals surface area (Å²) in [5, 5.41) is 3.06. The molecule has 1 N–H and O–H groups in total. The van der Waals surface area contributed by atoms with Crippen LogP contribution in [0.4, 0.5) is 18.9 Å². The molecule has 0 unspecified atom stereocenters. The summed E-state index contributed by atoms with van der Waals surface area (Å²) in [7, 11) is 0. The zero-order valence-electron chi connectivity index (χ0n) is 10.8. The van der Waals surface area contributed by atoms with Crippen molar-refractivity contribution in [1.29, 1.82) is 0 Å². The second kappa shape index (κ2) is 6.31. The Hall–Kier alpha value is -1.49. The summed E-state index contributed by atoms with van der Waals surface area (Å²) in [6.07, 6.45) is -2.48. The number of rotatable bonds is 4. The predicted molar refractivity (Wildman–Crippen MR) is 77.6 cm³/mol. The Morgan fingerprint density at radius 2 is 1.95 bits per heavy atom. The van der Waals surface area contributed by atoms with Crippen molar-refractivity contribution in [3.8, 4) is 0 Å². The lowest BCUT2D eigenvalue weighted by molar-refractivity contribution is 0.151. The lowest BCUT2D eigenvalue weighted by atomic mass is 10.1. The fourth-order valence-corrected chi connectivity index (χ4v) is 2.33. The van der Waals surface area contributed by atoms with E-state index in [2.05, 4.69) is 21.2 Å². The SMILES string of the molecule is Cc1cc(Br)c(F)cc1NCc1cccc(C(F)F)c1. The molecule has 1 nitrogen and oxygen atoms in total. The van der Waals surface area contributed by atoms with Crippen LogP contribution in [0.5, 0.6) is 0 Å². The highest BCUT2D eigenvalue weighted by Gasteiger charge is 2.08. The molecule has 5 heteroatoms. The van der Waals surface area contributed by atoms with Crippen LogP contribution >= 0.6 is 15.9 Å². The monoisotopic (exact) mass is 343 g/mol. The van der Waals surface area contributed by atoms with Gasteiger partial charge < -0.3 is 5.32 Å².